The molecule has 4 aromatic rings. The summed E-state index contributed by atoms with van der Waals surface area (Å²) >= 11 is 0. The van der Waals surface area contributed by atoms with Crippen molar-refractivity contribution in [2.45, 2.75) is 38.1 Å². The number of aromatic nitrogens is 6. The number of aryl methyl sites for hydroxylation is 1. The van der Waals surface area contributed by atoms with Crippen LogP contribution in [0.5, 0.6) is 0 Å². The number of pyridine rings is 1. The van der Waals surface area contributed by atoms with E-state index in [2.05, 4.69) is 30.3 Å². The molecule has 34 heavy (non-hydrogen) atoms. The Hall–Kier alpha value is -3.25. The Morgan fingerprint density at radius 1 is 1.18 bits per heavy atom. The zero-order valence-electron chi connectivity index (χ0n) is 18.4. The highest BCUT2D eigenvalue weighted by Crippen LogP contribution is 2.27. The SMILES string of the molecule is Cc1nc2ccc(-c3ccn4nc(N[C@H]5CN(C6COC6)C[C@@H]5F)ncc34)nc2n1CC(F)F. The van der Waals surface area contributed by atoms with Crippen LogP contribution in [-0.4, -0.2) is 85.0 Å². The van der Waals surface area contributed by atoms with E-state index < -0.39 is 25.2 Å². The summed E-state index contributed by atoms with van der Waals surface area (Å²) in [6.07, 6.45) is -0.102. The second kappa shape index (κ2) is 8.20. The highest BCUT2D eigenvalue weighted by Gasteiger charge is 2.39. The van der Waals surface area contributed by atoms with Gasteiger partial charge in [0.05, 0.1) is 49.2 Å². The van der Waals surface area contributed by atoms with E-state index in [1.54, 1.807) is 36.0 Å². The van der Waals surface area contributed by atoms with Crippen LogP contribution in [0.3, 0.4) is 0 Å². The molecule has 0 spiro atoms. The first-order valence-electron chi connectivity index (χ1n) is 11.2. The largest absolute Gasteiger partial charge is 0.378 e. The summed E-state index contributed by atoms with van der Waals surface area (Å²) in [5.74, 6) is 0.824. The predicted molar refractivity (Wildman–Crippen MR) is 119 cm³/mol. The topological polar surface area (TPSA) is 85.4 Å². The maximum atomic E-state index is 14.6. The number of ether oxygens (including phenoxy) is 1. The number of hydrogen-bond donors (Lipinski definition) is 1. The highest BCUT2D eigenvalue weighted by molar-refractivity contribution is 5.82. The van der Waals surface area contributed by atoms with E-state index in [1.807, 2.05) is 6.07 Å². The molecule has 9 nitrogen and oxygen atoms in total. The van der Waals surface area contributed by atoms with Crippen LogP contribution in [0.25, 0.3) is 27.9 Å². The molecule has 0 unspecified atom stereocenters. The molecule has 6 rings (SSSR count). The van der Waals surface area contributed by atoms with Gasteiger partial charge in [-0.15, -0.1) is 5.10 Å². The van der Waals surface area contributed by atoms with Gasteiger partial charge in [-0.1, -0.05) is 0 Å². The number of fused-ring (bicyclic) bond motifs is 2. The molecule has 12 heteroatoms. The summed E-state index contributed by atoms with van der Waals surface area (Å²) in [6.45, 7) is 3.47. The molecule has 0 aromatic carbocycles. The summed E-state index contributed by atoms with van der Waals surface area (Å²) in [4.78, 5) is 15.4. The van der Waals surface area contributed by atoms with Crippen LogP contribution in [0, 0.1) is 6.92 Å². The van der Waals surface area contributed by atoms with Crippen LogP contribution in [0.1, 0.15) is 5.82 Å². The van der Waals surface area contributed by atoms with E-state index in [4.69, 9.17) is 4.74 Å². The molecule has 1 N–H and O–H groups in total. The summed E-state index contributed by atoms with van der Waals surface area (Å²) in [5, 5.41) is 7.61. The third-order valence-electron chi connectivity index (χ3n) is 6.52. The van der Waals surface area contributed by atoms with Crippen molar-refractivity contribution in [3.63, 3.8) is 0 Å². The van der Waals surface area contributed by atoms with Gasteiger partial charge in [0.1, 0.15) is 17.5 Å². The van der Waals surface area contributed by atoms with E-state index in [0.717, 1.165) is 5.56 Å². The molecule has 2 fully saturated rings. The number of nitrogens with zero attached hydrogens (tertiary/aromatic N) is 7. The molecule has 2 atom stereocenters. The number of imidazole rings is 1. The Morgan fingerprint density at radius 3 is 2.79 bits per heavy atom. The van der Waals surface area contributed by atoms with Crippen LogP contribution in [0.15, 0.2) is 30.6 Å². The molecule has 2 saturated heterocycles. The van der Waals surface area contributed by atoms with Gasteiger partial charge in [0.25, 0.3) is 6.43 Å². The number of rotatable bonds is 6. The monoisotopic (exact) mass is 472 g/mol. The van der Waals surface area contributed by atoms with E-state index in [9.17, 15) is 13.2 Å². The normalized spacial score (nSPS) is 21.7. The zero-order chi connectivity index (χ0) is 23.4. The molecule has 2 aliphatic rings. The van der Waals surface area contributed by atoms with Crippen molar-refractivity contribution in [1.82, 2.24) is 34.0 Å². The van der Waals surface area contributed by atoms with Crippen molar-refractivity contribution < 1.29 is 17.9 Å². The Labute approximate surface area is 192 Å². The highest BCUT2D eigenvalue weighted by atomic mass is 19.3. The van der Waals surface area contributed by atoms with E-state index in [0.29, 0.717) is 60.5 Å². The van der Waals surface area contributed by atoms with Crippen molar-refractivity contribution in [3.8, 4) is 11.3 Å². The second-order valence-corrected chi connectivity index (χ2v) is 8.75. The zero-order valence-corrected chi connectivity index (χ0v) is 18.4. The fourth-order valence-corrected chi connectivity index (χ4v) is 4.63. The summed E-state index contributed by atoms with van der Waals surface area (Å²) in [7, 11) is 0. The second-order valence-electron chi connectivity index (χ2n) is 8.75. The van der Waals surface area contributed by atoms with Gasteiger partial charge in [-0.2, -0.15) is 0 Å². The maximum absolute atomic E-state index is 14.6. The number of alkyl halides is 3. The van der Waals surface area contributed by atoms with Gasteiger partial charge in [0, 0.05) is 24.8 Å². The van der Waals surface area contributed by atoms with Crippen LogP contribution in [0.4, 0.5) is 19.1 Å². The van der Waals surface area contributed by atoms with Crippen molar-refractivity contribution >= 4 is 22.6 Å². The minimum Gasteiger partial charge on any atom is -0.378 e. The summed E-state index contributed by atoms with van der Waals surface area (Å²) in [6, 6.07) is 5.30. The molecule has 2 aliphatic heterocycles. The van der Waals surface area contributed by atoms with E-state index >= 15 is 0 Å². The van der Waals surface area contributed by atoms with Crippen molar-refractivity contribution in [3.05, 3.63) is 36.4 Å². The summed E-state index contributed by atoms with van der Waals surface area (Å²) in [5.41, 5.74) is 3.04. The van der Waals surface area contributed by atoms with Gasteiger partial charge >= 0.3 is 0 Å². The predicted octanol–water partition coefficient (Wildman–Crippen LogP) is 2.55. The number of hydrogen-bond acceptors (Lipinski definition) is 7. The Balaban J connectivity index is 1.26. The molecule has 0 saturated carbocycles. The lowest BCUT2D eigenvalue weighted by Crippen LogP contribution is -2.48. The van der Waals surface area contributed by atoms with Crippen LogP contribution >= 0.6 is 0 Å². The Kier molecular flexibility index (Phi) is 5.14. The minimum atomic E-state index is -2.51. The number of nitrogens with one attached hydrogen (secondary N) is 1. The molecule has 6 heterocycles. The Morgan fingerprint density at radius 2 is 2.03 bits per heavy atom. The standard InChI is InChI=1S/C22H23F3N8O/c1-12-27-17-3-2-16(28-21(17)32(12)9-20(24)25)14-4-5-33-19(14)6-26-22(30-33)29-18-8-31(7-15(18)23)13-10-34-11-13/h2-6,13,15,18,20H,7-11H2,1H3,(H,29,30)/t15-,18-/m0/s1. The number of anilines is 1. The molecular weight excluding hydrogens is 449 g/mol. The number of halogens is 3. The van der Waals surface area contributed by atoms with Crippen molar-refractivity contribution in [2.75, 3.05) is 31.6 Å². The van der Waals surface area contributed by atoms with Crippen molar-refractivity contribution in [2.24, 2.45) is 0 Å². The lowest BCUT2D eigenvalue weighted by Gasteiger charge is -2.34. The summed E-state index contributed by atoms with van der Waals surface area (Å²) < 4.78 is 48.9. The average Bonchev–Trinajstić information content (AvgIpc) is 3.42. The third kappa shape index (κ3) is 3.66. The van der Waals surface area contributed by atoms with Crippen LogP contribution in [0.2, 0.25) is 0 Å². The Bertz CT molecular complexity index is 1350. The molecule has 0 bridgehead atoms. The molecule has 4 aromatic heterocycles. The van der Waals surface area contributed by atoms with Crippen molar-refractivity contribution in [1.29, 1.82) is 0 Å². The quantitative estimate of drug-likeness (QED) is 0.462. The van der Waals surface area contributed by atoms with Gasteiger partial charge in [0.2, 0.25) is 5.95 Å². The molecule has 0 amide bonds. The van der Waals surface area contributed by atoms with E-state index in [1.165, 1.54) is 4.57 Å². The fraction of sp³-hybridized carbons (Fsp3) is 0.455. The van der Waals surface area contributed by atoms with Gasteiger partial charge in [0.15, 0.2) is 5.65 Å². The first-order chi connectivity index (χ1) is 16.5. The molecular formula is C22H23F3N8O. The van der Waals surface area contributed by atoms with Gasteiger partial charge in [-0.3, -0.25) is 4.90 Å². The first-order valence-corrected chi connectivity index (χ1v) is 11.2. The number of likely N-dealkylation sites (tertiary alicyclic amines) is 1. The minimum absolute atomic E-state index is 0.283. The van der Waals surface area contributed by atoms with Crippen LogP contribution < -0.4 is 5.32 Å². The lowest BCUT2D eigenvalue weighted by molar-refractivity contribution is -0.0585. The molecule has 0 aliphatic carbocycles. The van der Waals surface area contributed by atoms with Gasteiger partial charge in [-0.25, -0.2) is 32.6 Å². The smallest absolute Gasteiger partial charge is 0.256 e. The average molecular weight is 472 g/mol. The lowest BCUT2D eigenvalue weighted by atomic mass is 10.2. The van der Waals surface area contributed by atoms with Crippen LogP contribution in [-0.2, 0) is 11.3 Å². The first kappa shape index (κ1) is 21.3. The van der Waals surface area contributed by atoms with Gasteiger partial charge < -0.3 is 14.6 Å². The van der Waals surface area contributed by atoms with E-state index in [-0.39, 0.29) is 6.04 Å². The van der Waals surface area contributed by atoms with Gasteiger partial charge in [-0.05, 0) is 25.1 Å². The fourth-order valence-electron chi connectivity index (χ4n) is 4.63. The maximum Gasteiger partial charge on any atom is 0.256 e. The molecule has 0 radical (unpaired) electrons. The molecule has 178 valence electrons. The third-order valence-corrected chi connectivity index (χ3v) is 6.52.